The zero-order chi connectivity index (χ0) is 31.1. The molecule has 1 fully saturated rings. The fourth-order valence-corrected chi connectivity index (χ4v) is 6.52. The van der Waals surface area contributed by atoms with Gasteiger partial charge in [0.2, 0.25) is 0 Å². The van der Waals surface area contributed by atoms with E-state index < -0.39 is 17.7 Å². The van der Waals surface area contributed by atoms with Crippen LogP contribution in [0.3, 0.4) is 0 Å². The third-order valence-electron chi connectivity index (χ3n) is 8.94. The first-order valence-corrected chi connectivity index (χ1v) is 15.8. The number of para-hydroxylation sites is 1. The van der Waals surface area contributed by atoms with E-state index in [1.54, 1.807) is 9.20 Å². The second-order valence-corrected chi connectivity index (χ2v) is 13.7. The number of carbonyl (C=O) groups is 1. The van der Waals surface area contributed by atoms with Crippen LogP contribution in [0.5, 0.6) is 5.75 Å². The number of ether oxygens (including phenoxy) is 2. The summed E-state index contributed by atoms with van der Waals surface area (Å²) in [6.45, 7) is 12.2. The molecule has 3 aliphatic rings. The van der Waals surface area contributed by atoms with E-state index in [1.165, 1.54) is 0 Å². The lowest BCUT2D eigenvalue weighted by molar-refractivity contribution is -0.160. The van der Waals surface area contributed by atoms with E-state index >= 15 is 0 Å². The maximum absolute atomic E-state index is 12.7. The number of carboxylic acid groups (broad SMARTS) is 1. The molecule has 3 aromatic heterocycles. The lowest BCUT2D eigenvalue weighted by Crippen LogP contribution is -2.41. The maximum atomic E-state index is 12.7. The van der Waals surface area contributed by atoms with E-state index in [1.807, 2.05) is 64.4 Å². The number of nitrogens with zero attached hydrogens (tertiary/aromatic N) is 6. The van der Waals surface area contributed by atoms with Crippen LogP contribution >= 0.6 is 0 Å². The smallest absolute Gasteiger partial charge is 0.337 e. The van der Waals surface area contributed by atoms with Crippen LogP contribution in [0.15, 0.2) is 42.7 Å². The van der Waals surface area contributed by atoms with Gasteiger partial charge >= 0.3 is 5.97 Å². The molecule has 0 spiro atoms. The summed E-state index contributed by atoms with van der Waals surface area (Å²) in [5, 5.41) is 20.1. The van der Waals surface area contributed by atoms with Gasteiger partial charge in [0.25, 0.3) is 0 Å². The second kappa shape index (κ2) is 11.9. The number of anilines is 1. The minimum absolute atomic E-state index is 0.223. The number of piperidine rings is 1. The van der Waals surface area contributed by atoms with Gasteiger partial charge < -0.3 is 19.5 Å². The van der Waals surface area contributed by atoms with Crippen molar-refractivity contribution in [1.29, 1.82) is 0 Å². The van der Waals surface area contributed by atoms with Gasteiger partial charge in [-0.2, -0.15) is 9.61 Å². The van der Waals surface area contributed by atoms with E-state index in [0.29, 0.717) is 35.8 Å². The monoisotopic (exact) mass is 600 g/mol. The lowest BCUT2D eigenvalue weighted by atomic mass is 9.76. The Morgan fingerprint density at radius 1 is 1.11 bits per heavy atom. The number of fused-ring (bicyclic) bond motifs is 7. The molecule has 0 unspecified atom stereocenters. The summed E-state index contributed by atoms with van der Waals surface area (Å²) < 4.78 is 16.0. The molecule has 1 N–H and O–H groups in total. The molecular formula is C34H44N6O4. The third-order valence-corrected chi connectivity index (χ3v) is 8.94. The molecule has 4 aromatic rings. The van der Waals surface area contributed by atoms with Crippen molar-refractivity contribution in [3.8, 4) is 11.6 Å². The number of hydrogen-bond acceptors (Lipinski definition) is 7. The number of benzene rings is 1. The average Bonchev–Trinajstić information content (AvgIpc) is 3.60. The molecular weight excluding hydrogens is 556 g/mol. The van der Waals surface area contributed by atoms with Crippen molar-refractivity contribution < 1.29 is 19.4 Å². The van der Waals surface area contributed by atoms with Crippen LogP contribution in [-0.4, -0.2) is 60.8 Å². The number of rotatable bonds is 3. The molecule has 1 aromatic carbocycles. The highest BCUT2D eigenvalue weighted by atomic mass is 16.5. The number of aliphatic carboxylic acids is 1. The van der Waals surface area contributed by atoms with Gasteiger partial charge in [-0.1, -0.05) is 38.0 Å². The summed E-state index contributed by atoms with van der Waals surface area (Å²) in [6.07, 6.45) is 9.83. The van der Waals surface area contributed by atoms with Crippen LogP contribution in [0, 0.1) is 12.3 Å². The van der Waals surface area contributed by atoms with Crippen molar-refractivity contribution in [3.05, 3.63) is 65.1 Å². The Balaban J connectivity index is 1.47. The minimum Gasteiger partial charge on any atom is -0.493 e. The van der Waals surface area contributed by atoms with Gasteiger partial charge in [0.1, 0.15) is 11.6 Å². The van der Waals surface area contributed by atoms with Crippen LogP contribution in [0.4, 0.5) is 5.82 Å². The third kappa shape index (κ3) is 6.31. The van der Waals surface area contributed by atoms with Gasteiger partial charge in [-0.3, -0.25) is 0 Å². The highest BCUT2D eigenvalue weighted by Gasteiger charge is 2.37. The number of carboxylic acids is 1. The molecule has 7 rings (SSSR count). The fraction of sp³-hybridized carbons (Fsp3) is 0.529. The lowest BCUT2D eigenvalue weighted by Gasteiger charge is -2.41. The Hall–Kier alpha value is -3.92. The van der Waals surface area contributed by atoms with E-state index in [-0.39, 0.29) is 5.41 Å². The van der Waals surface area contributed by atoms with Crippen molar-refractivity contribution in [3.63, 3.8) is 0 Å². The van der Waals surface area contributed by atoms with Gasteiger partial charge in [-0.15, -0.1) is 5.10 Å². The van der Waals surface area contributed by atoms with E-state index in [9.17, 15) is 9.90 Å². The largest absolute Gasteiger partial charge is 0.493 e. The Morgan fingerprint density at radius 2 is 1.89 bits per heavy atom. The van der Waals surface area contributed by atoms with E-state index in [0.717, 1.165) is 74.3 Å². The van der Waals surface area contributed by atoms with Crippen LogP contribution < -0.4 is 9.64 Å². The first kappa shape index (κ1) is 30.1. The molecule has 1 atom stereocenters. The summed E-state index contributed by atoms with van der Waals surface area (Å²) in [6, 6.07) is 10.1. The van der Waals surface area contributed by atoms with Gasteiger partial charge in [0, 0.05) is 37.5 Å². The van der Waals surface area contributed by atoms with Gasteiger partial charge in [0.05, 0.1) is 24.0 Å². The van der Waals surface area contributed by atoms with Crippen LogP contribution in [0.2, 0.25) is 0 Å². The molecule has 234 valence electrons. The van der Waals surface area contributed by atoms with Crippen LogP contribution in [0.25, 0.3) is 11.5 Å². The summed E-state index contributed by atoms with van der Waals surface area (Å²) in [5.74, 6) is 1.24. The van der Waals surface area contributed by atoms with Crippen molar-refractivity contribution >= 4 is 17.4 Å². The molecule has 6 heterocycles. The fourth-order valence-electron chi connectivity index (χ4n) is 6.52. The van der Waals surface area contributed by atoms with Crippen LogP contribution in [-0.2, 0) is 16.0 Å². The highest BCUT2D eigenvalue weighted by Crippen LogP contribution is 2.41. The Kier molecular flexibility index (Phi) is 8.13. The Bertz CT molecular complexity index is 1640. The molecule has 0 radical (unpaired) electrons. The molecule has 10 heteroatoms. The topological polar surface area (TPSA) is 107 Å². The number of aryl methyl sites for hydroxylation is 1. The highest BCUT2D eigenvalue weighted by molar-refractivity contribution is 5.78. The predicted octanol–water partition coefficient (Wildman–Crippen LogP) is 6.31. The van der Waals surface area contributed by atoms with Crippen LogP contribution in [0.1, 0.15) is 94.7 Å². The molecule has 6 bridgehead atoms. The Morgan fingerprint density at radius 3 is 2.64 bits per heavy atom. The summed E-state index contributed by atoms with van der Waals surface area (Å²) >= 11 is 0. The van der Waals surface area contributed by atoms with Gasteiger partial charge in [-0.05, 0) is 76.0 Å². The van der Waals surface area contributed by atoms with Crippen molar-refractivity contribution in [1.82, 2.24) is 24.4 Å². The zero-order valence-corrected chi connectivity index (χ0v) is 26.5. The SMILES string of the molecule is Cc1nc2cc3nn2c(c1[C@H](OC(C)(C)C)C(=O)O)N1CCC(C)(CCCCCOc2ccccc2Cc2cnn-3c2)CC1. The number of hydrogen-bond donors (Lipinski definition) is 1. The molecule has 3 aliphatic heterocycles. The average molecular weight is 601 g/mol. The summed E-state index contributed by atoms with van der Waals surface area (Å²) in [7, 11) is 0. The molecule has 0 saturated carbocycles. The number of aromatic nitrogens is 5. The zero-order valence-electron chi connectivity index (χ0n) is 26.5. The minimum atomic E-state index is -1.19. The second-order valence-electron chi connectivity index (χ2n) is 13.7. The standard InChI is InChI=1S/C34H44N6O4/c1-23-29(30(32(41)42)44-33(2,3)4)31-38-16-14-34(5,15-17-38)13-9-6-10-18-43-26-12-8-7-11-25(26)19-24-21-35-39(22-24)28-20-27(36-23)40(31)37-28/h7-8,11-12,20-22,30H,6,9-10,13-19H2,1-5H3,(H,41,42)/t30-/m0/s1. The molecule has 0 aliphatic carbocycles. The van der Waals surface area contributed by atoms with Crippen molar-refractivity contribution in [2.75, 3.05) is 24.6 Å². The molecule has 44 heavy (non-hydrogen) atoms. The maximum Gasteiger partial charge on any atom is 0.337 e. The Labute approximate surface area is 259 Å². The first-order valence-electron chi connectivity index (χ1n) is 15.8. The van der Waals surface area contributed by atoms with Crippen molar-refractivity contribution in [2.24, 2.45) is 5.41 Å². The first-order chi connectivity index (χ1) is 21.0. The van der Waals surface area contributed by atoms with Gasteiger partial charge in [-0.25, -0.2) is 14.5 Å². The summed E-state index contributed by atoms with van der Waals surface area (Å²) in [5.41, 5.74) is 3.54. The summed E-state index contributed by atoms with van der Waals surface area (Å²) in [4.78, 5) is 19.9. The predicted molar refractivity (Wildman–Crippen MR) is 169 cm³/mol. The quantitative estimate of drug-likeness (QED) is 0.291. The molecule has 1 saturated heterocycles. The molecule has 0 amide bonds. The normalized spacial score (nSPS) is 18.2. The van der Waals surface area contributed by atoms with Gasteiger partial charge in [0.15, 0.2) is 17.6 Å². The van der Waals surface area contributed by atoms with E-state index in [4.69, 9.17) is 19.6 Å². The molecule has 10 nitrogen and oxygen atoms in total. The van der Waals surface area contributed by atoms with Crippen molar-refractivity contribution in [2.45, 2.75) is 91.3 Å². The van der Waals surface area contributed by atoms with E-state index in [2.05, 4.69) is 23.0 Å².